The Hall–Kier alpha value is -1.13. The quantitative estimate of drug-likeness (QED) is 0.715. The van der Waals surface area contributed by atoms with Crippen molar-refractivity contribution in [2.75, 3.05) is 19.5 Å². The van der Waals surface area contributed by atoms with E-state index in [9.17, 15) is 5.11 Å². The van der Waals surface area contributed by atoms with Crippen LogP contribution in [0.2, 0.25) is 0 Å². The highest BCUT2D eigenvalue weighted by Crippen LogP contribution is 2.24. The zero-order valence-electron chi connectivity index (χ0n) is 7.82. The van der Waals surface area contributed by atoms with Crippen molar-refractivity contribution in [3.05, 3.63) is 23.9 Å². The SMILES string of the molecule is COCC(C)(O)c1cccnc1N. The molecule has 0 aromatic carbocycles. The predicted molar refractivity (Wildman–Crippen MR) is 50.1 cm³/mol. The number of anilines is 1. The number of nitrogens with zero attached hydrogens (tertiary/aromatic N) is 1. The maximum absolute atomic E-state index is 9.92. The van der Waals surface area contributed by atoms with Crippen molar-refractivity contribution >= 4 is 5.82 Å². The van der Waals surface area contributed by atoms with E-state index in [0.717, 1.165) is 0 Å². The number of aromatic nitrogens is 1. The summed E-state index contributed by atoms with van der Waals surface area (Å²) < 4.78 is 4.88. The fraction of sp³-hybridized carbons (Fsp3) is 0.444. The van der Waals surface area contributed by atoms with Crippen LogP contribution in [0.3, 0.4) is 0 Å². The Balaban J connectivity index is 2.99. The van der Waals surface area contributed by atoms with Crippen LogP contribution >= 0.6 is 0 Å². The van der Waals surface area contributed by atoms with Crippen LogP contribution < -0.4 is 5.73 Å². The van der Waals surface area contributed by atoms with Gasteiger partial charge in [0.1, 0.15) is 11.4 Å². The maximum Gasteiger partial charge on any atom is 0.129 e. The number of pyridine rings is 1. The largest absolute Gasteiger partial charge is 0.383 e. The molecule has 1 rings (SSSR count). The minimum absolute atomic E-state index is 0.197. The van der Waals surface area contributed by atoms with Crippen LogP contribution in [-0.4, -0.2) is 23.8 Å². The summed E-state index contributed by atoms with van der Waals surface area (Å²) in [6, 6.07) is 3.47. The minimum Gasteiger partial charge on any atom is -0.383 e. The molecule has 13 heavy (non-hydrogen) atoms. The second-order valence-electron chi connectivity index (χ2n) is 3.14. The highest BCUT2D eigenvalue weighted by molar-refractivity contribution is 5.42. The van der Waals surface area contributed by atoms with Crippen LogP contribution in [0.5, 0.6) is 0 Å². The van der Waals surface area contributed by atoms with Crippen LogP contribution in [-0.2, 0) is 10.3 Å². The molecule has 72 valence electrons. The molecule has 1 heterocycles. The summed E-state index contributed by atoms with van der Waals surface area (Å²) in [6.07, 6.45) is 1.59. The Morgan fingerprint density at radius 2 is 2.38 bits per heavy atom. The third kappa shape index (κ3) is 2.17. The van der Waals surface area contributed by atoms with E-state index in [1.54, 1.807) is 25.3 Å². The second kappa shape index (κ2) is 3.72. The van der Waals surface area contributed by atoms with Crippen molar-refractivity contribution in [2.24, 2.45) is 0 Å². The molecule has 1 aromatic heterocycles. The molecule has 3 N–H and O–H groups in total. The Bertz CT molecular complexity index is 287. The van der Waals surface area contributed by atoms with Crippen LogP contribution in [0.15, 0.2) is 18.3 Å². The van der Waals surface area contributed by atoms with Gasteiger partial charge in [0.05, 0.1) is 6.61 Å². The lowest BCUT2D eigenvalue weighted by Gasteiger charge is -2.23. The molecule has 0 saturated heterocycles. The summed E-state index contributed by atoms with van der Waals surface area (Å²) in [7, 11) is 1.53. The van der Waals surface area contributed by atoms with Crippen LogP contribution in [0.25, 0.3) is 0 Å². The summed E-state index contributed by atoms with van der Waals surface area (Å²) in [6.45, 7) is 1.84. The Kier molecular flexibility index (Phi) is 2.85. The molecule has 0 aliphatic carbocycles. The van der Waals surface area contributed by atoms with E-state index in [4.69, 9.17) is 10.5 Å². The number of nitrogen functional groups attached to an aromatic ring is 1. The molecule has 1 unspecified atom stereocenters. The van der Waals surface area contributed by atoms with E-state index in [2.05, 4.69) is 4.98 Å². The molecule has 4 nitrogen and oxygen atoms in total. The van der Waals surface area contributed by atoms with Gasteiger partial charge in [0.2, 0.25) is 0 Å². The highest BCUT2D eigenvalue weighted by Gasteiger charge is 2.25. The van der Waals surface area contributed by atoms with Crippen molar-refractivity contribution in [1.82, 2.24) is 4.98 Å². The molecule has 0 radical (unpaired) electrons. The molecule has 4 heteroatoms. The molecule has 0 spiro atoms. The zero-order valence-corrected chi connectivity index (χ0v) is 7.82. The fourth-order valence-electron chi connectivity index (χ4n) is 1.23. The zero-order chi connectivity index (χ0) is 9.90. The number of rotatable bonds is 3. The van der Waals surface area contributed by atoms with Gasteiger partial charge in [0.25, 0.3) is 0 Å². The topological polar surface area (TPSA) is 68.4 Å². The second-order valence-corrected chi connectivity index (χ2v) is 3.14. The maximum atomic E-state index is 9.92. The monoisotopic (exact) mass is 182 g/mol. The lowest BCUT2D eigenvalue weighted by atomic mass is 9.98. The minimum atomic E-state index is -1.08. The average molecular weight is 182 g/mol. The number of nitrogens with two attached hydrogens (primary N) is 1. The van der Waals surface area contributed by atoms with Gasteiger partial charge >= 0.3 is 0 Å². The number of methoxy groups -OCH3 is 1. The van der Waals surface area contributed by atoms with E-state index in [-0.39, 0.29) is 6.61 Å². The normalized spacial score (nSPS) is 15.3. The molecule has 0 fully saturated rings. The first kappa shape index (κ1) is 9.95. The fourth-order valence-corrected chi connectivity index (χ4v) is 1.23. The highest BCUT2D eigenvalue weighted by atomic mass is 16.5. The van der Waals surface area contributed by atoms with Crippen LogP contribution in [0.4, 0.5) is 5.82 Å². The standard InChI is InChI=1S/C9H14N2O2/c1-9(12,6-13-2)7-4-3-5-11-8(7)10/h3-5,12H,6H2,1-2H3,(H2,10,11). The summed E-state index contributed by atoms with van der Waals surface area (Å²) in [5, 5.41) is 9.92. The van der Waals surface area contributed by atoms with Gasteiger partial charge in [-0.15, -0.1) is 0 Å². The summed E-state index contributed by atoms with van der Waals surface area (Å²) >= 11 is 0. The molecular formula is C9H14N2O2. The first-order valence-corrected chi connectivity index (χ1v) is 4.00. The van der Waals surface area contributed by atoms with E-state index < -0.39 is 5.60 Å². The van der Waals surface area contributed by atoms with Crippen LogP contribution in [0.1, 0.15) is 12.5 Å². The van der Waals surface area contributed by atoms with Crippen molar-refractivity contribution in [1.29, 1.82) is 0 Å². The van der Waals surface area contributed by atoms with Crippen molar-refractivity contribution < 1.29 is 9.84 Å². The third-order valence-corrected chi connectivity index (χ3v) is 1.84. The molecule has 0 aliphatic heterocycles. The van der Waals surface area contributed by atoms with Crippen LogP contribution in [0, 0.1) is 0 Å². The third-order valence-electron chi connectivity index (χ3n) is 1.84. The Morgan fingerprint density at radius 3 is 2.92 bits per heavy atom. The van der Waals surface area contributed by atoms with E-state index in [0.29, 0.717) is 11.4 Å². The van der Waals surface area contributed by atoms with Gasteiger partial charge in [0, 0.05) is 18.9 Å². The van der Waals surface area contributed by atoms with Crippen molar-refractivity contribution in [3.8, 4) is 0 Å². The number of hydrogen-bond acceptors (Lipinski definition) is 4. The summed E-state index contributed by atoms with van der Waals surface area (Å²) in [5.74, 6) is 0.338. The Morgan fingerprint density at radius 1 is 1.69 bits per heavy atom. The first-order valence-electron chi connectivity index (χ1n) is 4.00. The first-order chi connectivity index (χ1) is 6.08. The van der Waals surface area contributed by atoms with Gasteiger partial charge < -0.3 is 15.6 Å². The van der Waals surface area contributed by atoms with E-state index >= 15 is 0 Å². The summed E-state index contributed by atoms with van der Waals surface area (Å²) in [4.78, 5) is 3.89. The number of ether oxygens (including phenoxy) is 1. The molecule has 1 atom stereocenters. The van der Waals surface area contributed by atoms with Gasteiger partial charge in [-0.2, -0.15) is 0 Å². The molecule has 0 amide bonds. The van der Waals surface area contributed by atoms with Gasteiger partial charge in [-0.05, 0) is 13.0 Å². The van der Waals surface area contributed by atoms with Gasteiger partial charge in [-0.3, -0.25) is 0 Å². The number of hydrogen-bond donors (Lipinski definition) is 2. The lowest BCUT2D eigenvalue weighted by molar-refractivity contribution is -0.0204. The average Bonchev–Trinajstić information content (AvgIpc) is 2.04. The molecule has 0 bridgehead atoms. The predicted octanol–water partition coefficient (Wildman–Crippen LogP) is 0.518. The smallest absolute Gasteiger partial charge is 0.129 e. The molecule has 0 saturated carbocycles. The lowest BCUT2D eigenvalue weighted by Crippen LogP contribution is -2.28. The van der Waals surface area contributed by atoms with Crippen molar-refractivity contribution in [3.63, 3.8) is 0 Å². The molecule has 0 aliphatic rings. The molecule has 1 aromatic rings. The summed E-state index contributed by atoms with van der Waals surface area (Å²) in [5.41, 5.74) is 5.13. The number of aliphatic hydroxyl groups is 1. The van der Waals surface area contributed by atoms with Crippen molar-refractivity contribution in [2.45, 2.75) is 12.5 Å². The van der Waals surface area contributed by atoms with E-state index in [1.165, 1.54) is 7.11 Å². The Labute approximate surface area is 77.4 Å². The van der Waals surface area contributed by atoms with Gasteiger partial charge in [-0.25, -0.2) is 4.98 Å². The van der Waals surface area contributed by atoms with E-state index in [1.807, 2.05) is 0 Å². The van der Waals surface area contributed by atoms with Gasteiger partial charge in [0.15, 0.2) is 0 Å². The molecular weight excluding hydrogens is 168 g/mol. The van der Waals surface area contributed by atoms with Gasteiger partial charge in [-0.1, -0.05) is 6.07 Å².